The van der Waals surface area contributed by atoms with Gasteiger partial charge in [0, 0.05) is 18.3 Å². The van der Waals surface area contributed by atoms with Gasteiger partial charge >= 0.3 is 12.2 Å². The number of rotatable bonds is 6. The standard InChI is InChI=1S/C19H19F3N6O4/c1-4-31-12-5-15(29)23-9-11(12)16-24-7-10(8-25-16)26-17(30)27-14-6-13(32-28-14)18(2,3)19(20,21)22/h5-9H,4H2,1-3H3,(H,23,29)(H2,26,27,28,30). The lowest BCUT2D eigenvalue weighted by molar-refractivity contribution is -0.185. The number of carbonyl (C=O) groups excluding carboxylic acids is 1. The summed E-state index contributed by atoms with van der Waals surface area (Å²) < 4.78 is 49.4. The van der Waals surface area contributed by atoms with E-state index in [1.54, 1.807) is 6.92 Å². The highest BCUT2D eigenvalue weighted by Gasteiger charge is 2.51. The van der Waals surface area contributed by atoms with Crippen LogP contribution in [-0.2, 0) is 5.41 Å². The minimum absolute atomic E-state index is 0.193. The number of ether oxygens (including phenoxy) is 1. The van der Waals surface area contributed by atoms with Crippen molar-refractivity contribution in [2.45, 2.75) is 32.4 Å². The Hall–Kier alpha value is -3.90. The molecule has 0 radical (unpaired) electrons. The fraction of sp³-hybridized carbons (Fsp3) is 0.316. The molecule has 0 aliphatic heterocycles. The second-order valence-corrected chi connectivity index (χ2v) is 7.08. The molecule has 2 amide bonds. The molecule has 32 heavy (non-hydrogen) atoms. The second kappa shape index (κ2) is 8.69. The number of amides is 2. The third-order valence-electron chi connectivity index (χ3n) is 4.41. The van der Waals surface area contributed by atoms with Crippen LogP contribution in [0.5, 0.6) is 5.75 Å². The molecule has 0 aliphatic rings. The minimum Gasteiger partial charge on any atom is -0.493 e. The van der Waals surface area contributed by atoms with Crippen LogP contribution < -0.4 is 20.9 Å². The SMILES string of the molecule is CCOc1cc(=O)[nH]cc1-c1ncc(NC(=O)Nc2cc(C(C)(C)C(F)(F)F)on2)cn1. The van der Waals surface area contributed by atoms with E-state index in [1.165, 1.54) is 24.7 Å². The molecule has 3 aromatic heterocycles. The summed E-state index contributed by atoms with van der Waals surface area (Å²) in [5.41, 5.74) is -1.97. The monoisotopic (exact) mass is 452 g/mol. The van der Waals surface area contributed by atoms with Crippen LogP contribution in [0, 0.1) is 0 Å². The molecule has 0 atom stereocenters. The maximum atomic E-state index is 13.1. The number of hydrogen-bond donors (Lipinski definition) is 3. The number of aromatic amines is 1. The highest BCUT2D eigenvalue weighted by molar-refractivity contribution is 5.98. The van der Waals surface area contributed by atoms with Gasteiger partial charge in [-0.1, -0.05) is 5.16 Å². The van der Waals surface area contributed by atoms with Crippen LogP contribution >= 0.6 is 0 Å². The molecule has 3 aromatic rings. The second-order valence-electron chi connectivity index (χ2n) is 7.08. The molecule has 0 saturated carbocycles. The van der Waals surface area contributed by atoms with Crippen molar-refractivity contribution in [3.63, 3.8) is 0 Å². The van der Waals surface area contributed by atoms with Gasteiger partial charge in [0.1, 0.15) is 11.2 Å². The van der Waals surface area contributed by atoms with Gasteiger partial charge in [0.25, 0.3) is 5.56 Å². The Morgan fingerprint density at radius 1 is 1.19 bits per heavy atom. The Morgan fingerprint density at radius 3 is 2.50 bits per heavy atom. The van der Waals surface area contributed by atoms with Gasteiger partial charge in [0.05, 0.1) is 30.3 Å². The smallest absolute Gasteiger partial charge is 0.401 e. The van der Waals surface area contributed by atoms with Crippen molar-refractivity contribution >= 4 is 17.5 Å². The molecule has 0 aromatic carbocycles. The summed E-state index contributed by atoms with van der Waals surface area (Å²) in [6.07, 6.45) is -0.528. The molecule has 0 aliphatic carbocycles. The van der Waals surface area contributed by atoms with Crippen LogP contribution in [0.1, 0.15) is 26.5 Å². The first-order chi connectivity index (χ1) is 15.0. The van der Waals surface area contributed by atoms with Gasteiger partial charge in [0.2, 0.25) is 0 Å². The molecule has 0 unspecified atom stereocenters. The molecule has 0 fully saturated rings. The summed E-state index contributed by atoms with van der Waals surface area (Å²) >= 11 is 0. The number of pyridine rings is 1. The van der Waals surface area contributed by atoms with Crippen molar-refractivity contribution in [2.24, 2.45) is 0 Å². The number of H-pyrrole nitrogens is 1. The van der Waals surface area contributed by atoms with E-state index in [-0.39, 0.29) is 22.9 Å². The predicted octanol–water partition coefficient (Wildman–Crippen LogP) is 3.70. The summed E-state index contributed by atoms with van der Waals surface area (Å²) in [4.78, 5) is 34.4. The van der Waals surface area contributed by atoms with Gasteiger partial charge in [-0.3, -0.25) is 10.1 Å². The van der Waals surface area contributed by atoms with Gasteiger partial charge in [0.15, 0.2) is 17.4 Å². The molecule has 0 saturated heterocycles. The lowest BCUT2D eigenvalue weighted by Gasteiger charge is -2.24. The number of aromatic nitrogens is 4. The molecule has 10 nitrogen and oxygen atoms in total. The van der Waals surface area contributed by atoms with Crippen LogP contribution in [-0.4, -0.2) is 38.9 Å². The van der Waals surface area contributed by atoms with E-state index in [0.717, 1.165) is 19.9 Å². The molecule has 13 heteroatoms. The van der Waals surface area contributed by atoms with E-state index in [2.05, 4.69) is 30.7 Å². The van der Waals surface area contributed by atoms with Crippen molar-refractivity contribution in [1.82, 2.24) is 20.1 Å². The van der Waals surface area contributed by atoms with E-state index in [1.807, 2.05) is 0 Å². The number of nitrogens with zero attached hydrogens (tertiary/aromatic N) is 3. The topological polar surface area (TPSA) is 135 Å². The Bertz CT molecular complexity index is 1150. The number of halogens is 3. The van der Waals surface area contributed by atoms with Crippen molar-refractivity contribution in [3.05, 3.63) is 46.8 Å². The van der Waals surface area contributed by atoms with E-state index in [9.17, 15) is 22.8 Å². The van der Waals surface area contributed by atoms with Gasteiger partial charge in [-0.25, -0.2) is 14.8 Å². The minimum atomic E-state index is -4.56. The quantitative estimate of drug-likeness (QED) is 0.519. The van der Waals surface area contributed by atoms with Gasteiger partial charge < -0.3 is 19.6 Å². The van der Waals surface area contributed by atoms with Gasteiger partial charge in [-0.05, 0) is 20.8 Å². The number of alkyl halides is 3. The maximum Gasteiger partial charge on any atom is 0.401 e. The van der Waals surface area contributed by atoms with E-state index < -0.39 is 23.4 Å². The molecule has 0 bridgehead atoms. The number of carbonyl (C=O) groups is 1. The van der Waals surface area contributed by atoms with Gasteiger partial charge in [-0.15, -0.1) is 0 Å². The Morgan fingerprint density at radius 2 is 1.88 bits per heavy atom. The van der Waals surface area contributed by atoms with Crippen molar-refractivity contribution in [1.29, 1.82) is 0 Å². The zero-order chi connectivity index (χ0) is 23.5. The molecule has 170 valence electrons. The Balaban J connectivity index is 1.68. The van der Waals surface area contributed by atoms with Crippen molar-refractivity contribution < 1.29 is 27.2 Å². The van der Waals surface area contributed by atoms with E-state index in [0.29, 0.717) is 17.9 Å². The fourth-order valence-corrected chi connectivity index (χ4v) is 2.48. The van der Waals surface area contributed by atoms with E-state index in [4.69, 9.17) is 9.26 Å². The molecule has 3 rings (SSSR count). The van der Waals surface area contributed by atoms with Crippen molar-refractivity contribution in [2.75, 3.05) is 17.2 Å². The van der Waals surface area contributed by atoms with Crippen LogP contribution in [0.25, 0.3) is 11.4 Å². The molecule has 0 spiro atoms. The summed E-state index contributed by atoms with van der Waals surface area (Å²) in [5, 5.41) is 8.15. The van der Waals surface area contributed by atoms with Crippen LogP contribution in [0.2, 0.25) is 0 Å². The summed E-state index contributed by atoms with van der Waals surface area (Å²) in [6.45, 7) is 3.98. The first kappa shape index (κ1) is 22.8. The van der Waals surface area contributed by atoms with E-state index >= 15 is 0 Å². The zero-order valence-electron chi connectivity index (χ0n) is 17.2. The van der Waals surface area contributed by atoms with Crippen molar-refractivity contribution in [3.8, 4) is 17.1 Å². The predicted molar refractivity (Wildman–Crippen MR) is 107 cm³/mol. The number of nitrogens with one attached hydrogen (secondary N) is 3. The third kappa shape index (κ3) is 4.87. The fourth-order valence-electron chi connectivity index (χ4n) is 2.48. The normalized spacial score (nSPS) is 11.8. The first-order valence-corrected chi connectivity index (χ1v) is 9.31. The number of urea groups is 1. The van der Waals surface area contributed by atoms with Crippen LogP contribution in [0.3, 0.4) is 0 Å². The third-order valence-corrected chi connectivity index (χ3v) is 4.41. The zero-order valence-corrected chi connectivity index (χ0v) is 17.2. The number of hydrogen-bond acceptors (Lipinski definition) is 7. The summed E-state index contributed by atoms with van der Waals surface area (Å²) in [7, 11) is 0. The average molecular weight is 452 g/mol. The Labute approximate surface area is 179 Å². The lowest BCUT2D eigenvalue weighted by Crippen LogP contribution is -2.35. The molecule has 3 heterocycles. The highest BCUT2D eigenvalue weighted by atomic mass is 19.4. The van der Waals surface area contributed by atoms with Crippen LogP contribution in [0.4, 0.5) is 29.5 Å². The molecular weight excluding hydrogens is 433 g/mol. The maximum absolute atomic E-state index is 13.1. The summed E-state index contributed by atoms with van der Waals surface area (Å²) in [5.74, 6) is -0.0922. The molecular formula is C19H19F3N6O4. The van der Waals surface area contributed by atoms with Crippen LogP contribution in [0.15, 0.2) is 40.0 Å². The number of anilines is 2. The average Bonchev–Trinajstić information content (AvgIpc) is 3.17. The molecule has 3 N–H and O–H groups in total. The largest absolute Gasteiger partial charge is 0.493 e. The highest BCUT2D eigenvalue weighted by Crippen LogP contribution is 2.41. The summed E-state index contributed by atoms with van der Waals surface area (Å²) in [6, 6.07) is 1.48. The Kier molecular flexibility index (Phi) is 6.18. The van der Waals surface area contributed by atoms with Gasteiger partial charge in [-0.2, -0.15) is 13.2 Å². The lowest BCUT2D eigenvalue weighted by atomic mass is 9.89. The first-order valence-electron chi connectivity index (χ1n) is 9.31.